The molecular weight excluding hydrogens is 450 g/mol. The number of carbonyl (C=O) groups excluding carboxylic acids is 1. The Morgan fingerprint density at radius 3 is 2.11 bits per heavy atom. The summed E-state index contributed by atoms with van der Waals surface area (Å²) < 4.78 is 7.44. The Bertz CT molecular complexity index is 1080. The van der Waals surface area contributed by atoms with E-state index in [0.717, 1.165) is 51.4 Å². The molecule has 0 unspecified atom stereocenters. The molecule has 0 bridgehead atoms. The summed E-state index contributed by atoms with van der Waals surface area (Å²) in [5.41, 5.74) is 9.61. The third kappa shape index (κ3) is 10.8. The van der Waals surface area contributed by atoms with Gasteiger partial charge in [-0.1, -0.05) is 52.8 Å². The molecule has 36 heavy (non-hydrogen) atoms. The van der Waals surface area contributed by atoms with Crippen molar-refractivity contribution in [1.82, 2.24) is 14.8 Å². The van der Waals surface area contributed by atoms with Gasteiger partial charge in [-0.2, -0.15) is 0 Å². The van der Waals surface area contributed by atoms with Crippen LogP contribution in [0, 0.1) is 26.7 Å². The summed E-state index contributed by atoms with van der Waals surface area (Å²) >= 11 is 0. The summed E-state index contributed by atoms with van der Waals surface area (Å²) in [6.07, 6.45) is 1.81. The number of benzene rings is 2. The molecule has 0 aliphatic carbocycles. The molecule has 0 aliphatic rings. The summed E-state index contributed by atoms with van der Waals surface area (Å²) in [5, 5.41) is 8.75. The normalized spacial score (nSPS) is 9.36. The number of hydrogen-bond acceptors (Lipinski definition) is 6. The lowest BCUT2D eigenvalue weighted by Gasteiger charge is -2.15. The number of rotatable bonds is 4. The van der Waals surface area contributed by atoms with Gasteiger partial charge >= 0.3 is 0 Å². The molecule has 0 fully saturated rings. The summed E-state index contributed by atoms with van der Waals surface area (Å²) in [6.45, 7) is 21.2. The molecule has 2 aromatic carbocycles. The van der Waals surface area contributed by atoms with E-state index in [1.807, 2.05) is 64.2 Å². The number of aromatic nitrogens is 3. The number of aryl methyl sites for hydroxylation is 3. The van der Waals surface area contributed by atoms with E-state index in [1.54, 1.807) is 7.11 Å². The maximum atomic E-state index is 8.57. The lowest BCUT2D eigenvalue weighted by molar-refractivity contribution is 0.415. The van der Waals surface area contributed by atoms with Gasteiger partial charge in [0.1, 0.15) is 17.5 Å². The molecule has 2 N–H and O–H groups in total. The number of para-hydroxylation sites is 1. The Hall–Kier alpha value is -3.54. The fraction of sp³-hybridized carbons (Fsp3) is 0.414. The first-order chi connectivity index (χ1) is 17.2. The lowest BCUT2D eigenvalue weighted by atomic mass is 10.1. The highest BCUT2D eigenvalue weighted by molar-refractivity contribution is 5.73. The van der Waals surface area contributed by atoms with Crippen LogP contribution in [0.15, 0.2) is 48.0 Å². The van der Waals surface area contributed by atoms with Gasteiger partial charge in [0.2, 0.25) is 0 Å². The first-order valence-corrected chi connectivity index (χ1v) is 12.1. The fourth-order valence-electron chi connectivity index (χ4n) is 2.92. The smallest absolute Gasteiger partial charge is 0.169 e. The van der Waals surface area contributed by atoms with E-state index < -0.39 is 0 Å². The molecule has 1 heterocycles. The van der Waals surface area contributed by atoms with E-state index in [4.69, 9.17) is 9.53 Å². The van der Waals surface area contributed by atoms with Crippen LogP contribution in [0.2, 0.25) is 0 Å². The van der Waals surface area contributed by atoms with E-state index >= 15 is 0 Å². The lowest BCUT2D eigenvalue weighted by Crippen LogP contribution is -2.02. The van der Waals surface area contributed by atoms with Gasteiger partial charge in [0, 0.05) is 11.8 Å². The second-order valence-corrected chi connectivity index (χ2v) is 7.79. The highest BCUT2D eigenvalue weighted by atomic mass is 16.5. The van der Waals surface area contributed by atoms with Crippen LogP contribution in [0.4, 0.5) is 5.69 Å². The van der Waals surface area contributed by atoms with E-state index in [-0.39, 0.29) is 0 Å². The maximum Gasteiger partial charge on any atom is 0.169 e. The minimum Gasteiger partial charge on any atom is -0.497 e. The SMILES string of the molecule is C=C=O.CC.CC(C)C.CC=Nc1c(C)cccc1-n1c(C)nnc1-c1cc(OC)ccc1C.CN. The molecule has 0 amide bonds. The maximum absolute atomic E-state index is 8.57. The zero-order valence-electron chi connectivity index (χ0n) is 24.0. The van der Waals surface area contributed by atoms with Gasteiger partial charge in [-0.3, -0.25) is 9.56 Å². The largest absolute Gasteiger partial charge is 0.497 e. The molecule has 3 aromatic rings. The molecule has 1 aromatic heterocycles. The van der Waals surface area contributed by atoms with Crippen molar-refractivity contribution in [3.8, 4) is 22.8 Å². The van der Waals surface area contributed by atoms with Gasteiger partial charge in [-0.15, -0.1) is 10.2 Å². The molecule has 3 rings (SSSR count). The molecule has 0 spiro atoms. The Kier molecular flexibility index (Phi) is 19.0. The monoisotopic (exact) mass is 495 g/mol. The second kappa shape index (κ2) is 19.7. The zero-order valence-corrected chi connectivity index (χ0v) is 24.0. The molecule has 198 valence electrons. The van der Waals surface area contributed by atoms with Crippen LogP contribution in [0.1, 0.15) is 58.5 Å². The summed E-state index contributed by atoms with van der Waals surface area (Å²) in [4.78, 5) is 13.1. The first-order valence-electron chi connectivity index (χ1n) is 12.1. The fourth-order valence-corrected chi connectivity index (χ4v) is 2.92. The molecular formula is C29H45N5O2. The third-order valence-corrected chi connectivity index (χ3v) is 4.23. The second-order valence-electron chi connectivity index (χ2n) is 7.79. The Labute approximate surface area is 218 Å². The number of ether oxygens (including phenoxy) is 1. The van der Waals surface area contributed by atoms with E-state index in [9.17, 15) is 0 Å². The number of aliphatic imine (C=N–C) groups is 1. The van der Waals surface area contributed by atoms with Crippen molar-refractivity contribution in [2.24, 2.45) is 16.6 Å². The number of hydrogen-bond donors (Lipinski definition) is 1. The van der Waals surface area contributed by atoms with Gasteiger partial charge in [0.25, 0.3) is 0 Å². The first kappa shape index (κ1) is 34.6. The number of nitrogens with zero attached hydrogens (tertiary/aromatic N) is 4. The predicted octanol–water partition coefficient (Wildman–Crippen LogP) is 6.86. The van der Waals surface area contributed by atoms with Crippen molar-refractivity contribution < 1.29 is 9.53 Å². The third-order valence-electron chi connectivity index (χ3n) is 4.23. The van der Waals surface area contributed by atoms with Crippen LogP contribution in [-0.2, 0) is 4.79 Å². The summed E-state index contributed by atoms with van der Waals surface area (Å²) in [7, 11) is 3.17. The van der Waals surface area contributed by atoms with Crippen LogP contribution in [0.25, 0.3) is 17.1 Å². The molecule has 0 radical (unpaired) electrons. The van der Waals surface area contributed by atoms with Crippen molar-refractivity contribution >= 4 is 17.8 Å². The van der Waals surface area contributed by atoms with Crippen LogP contribution in [-0.4, -0.2) is 41.1 Å². The molecule has 0 saturated heterocycles. The van der Waals surface area contributed by atoms with Crippen LogP contribution < -0.4 is 10.5 Å². The predicted molar refractivity (Wildman–Crippen MR) is 155 cm³/mol. The molecule has 0 saturated carbocycles. The Morgan fingerprint density at radius 1 is 1.06 bits per heavy atom. The highest BCUT2D eigenvalue weighted by Gasteiger charge is 2.18. The Balaban J connectivity index is 0. The van der Waals surface area contributed by atoms with Gasteiger partial charge < -0.3 is 10.5 Å². The van der Waals surface area contributed by atoms with Gasteiger partial charge in [0.15, 0.2) is 5.82 Å². The van der Waals surface area contributed by atoms with E-state index in [0.29, 0.717) is 0 Å². The molecule has 7 nitrogen and oxygen atoms in total. The van der Waals surface area contributed by atoms with Crippen molar-refractivity contribution in [3.05, 3.63) is 59.9 Å². The van der Waals surface area contributed by atoms with Crippen LogP contribution in [0.5, 0.6) is 5.75 Å². The topological polar surface area (TPSA) is 95.4 Å². The number of nitrogens with two attached hydrogens (primary N) is 1. The quantitative estimate of drug-likeness (QED) is 0.315. The minimum absolute atomic E-state index is 0.784. The van der Waals surface area contributed by atoms with Gasteiger partial charge in [-0.05, 0) is 76.6 Å². The average molecular weight is 496 g/mol. The van der Waals surface area contributed by atoms with Crippen molar-refractivity contribution in [3.63, 3.8) is 0 Å². The molecule has 0 aliphatic heterocycles. The average Bonchev–Trinajstić information content (AvgIpc) is 3.24. The van der Waals surface area contributed by atoms with Crippen LogP contribution >= 0.6 is 0 Å². The van der Waals surface area contributed by atoms with Crippen molar-refractivity contribution in [2.75, 3.05) is 14.2 Å². The van der Waals surface area contributed by atoms with Crippen LogP contribution in [0.3, 0.4) is 0 Å². The van der Waals surface area contributed by atoms with Gasteiger partial charge in [-0.25, -0.2) is 4.79 Å². The molecule has 7 heteroatoms. The standard InChI is InChI=1S/C20H22N4O.C4H10.C2H2O.C2H6.CH5N/c1-6-21-19-14(3)8-7-9-18(19)24-15(4)22-23-20(24)17-12-16(25-5)11-10-13(17)2;1-4(2)3;1-2-3;2*1-2/h6-12H,1-5H3;4H,1-3H3;1H2;1-2H3;2H2,1H3. The van der Waals surface area contributed by atoms with Crippen molar-refractivity contribution in [1.29, 1.82) is 0 Å². The molecule has 0 atom stereocenters. The zero-order chi connectivity index (χ0) is 28.3. The number of methoxy groups -OCH3 is 1. The summed E-state index contributed by atoms with van der Waals surface area (Å²) in [6, 6.07) is 12.1. The highest BCUT2D eigenvalue weighted by Crippen LogP contribution is 2.33. The minimum atomic E-state index is 0.784. The van der Waals surface area contributed by atoms with E-state index in [2.05, 4.69) is 72.8 Å². The Morgan fingerprint density at radius 2 is 1.61 bits per heavy atom. The van der Waals surface area contributed by atoms with E-state index in [1.165, 1.54) is 13.0 Å². The van der Waals surface area contributed by atoms with Crippen molar-refractivity contribution in [2.45, 2.75) is 62.3 Å². The summed E-state index contributed by atoms with van der Waals surface area (Å²) in [5.74, 6) is 4.48. The van der Waals surface area contributed by atoms with Gasteiger partial charge in [0.05, 0.1) is 18.5 Å².